The van der Waals surface area contributed by atoms with Crippen molar-refractivity contribution in [3.05, 3.63) is 0 Å². The summed E-state index contributed by atoms with van der Waals surface area (Å²) in [6.45, 7) is 0.480. The quantitative estimate of drug-likeness (QED) is 0.700. The van der Waals surface area contributed by atoms with Gasteiger partial charge in [-0.1, -0.05) is 6.42 Å². The number of halogens is 3. The number of nitrogens with zero attached hydrogens (tertiary/aromatic N) is 1. The highest BCUT2D eigenvalue weighted by Crippen LogP contribution is 2.29. The summed E-state index contributed by atoms with van der Waals surface area (Å²) in [5, 5.41) is 3.29. The van der Waals surface area contributed by atoms with Crippen LogP contribution in [0.5, 0.6) is 0 Å². The fraction of sp³-hybridized carbons (Fsp3) is 1.00. The standard InChI is InChI=1S/C9H15F3N2/c10-9(11,12)6-14-5-4-13-7-2-1-3-8(7)14/h7-8,13H,1-6H2. The monoisotopic (exact) mass is 208 g/mol. The second kappa shape index (κ2) is 3.70. The van der Waals surface area contributed by atoms with Crippen molar-refractivity contribution in [2.24, 2.45) is 0 Å². The Kier molecular flexibility index (Phi) is 2.70. The molecule has 0 bridgehead atoms. The van der Waals surface area contributed by atoms with Crippen LogP contribution in [0.3, 0.4) is 0 Å². The van der Waals surface area contributed by atoms with Gasteiger partial charge in [0.1, 0.15) is 0 Å². The van der Waals surface area contributed by atoms with Gasteiger partial charge in [0.2, 0.25) is 0 Å². The molecule has 82 valence electrons. The van der Waals surface area contributed by atoms with Crippen molar-refractivity contribution in [3.63, 3.8) is 0 Å². The number of hydrogen-bond acceptors (Lipinski definition) is 2. The van der Waals surface area contributed by atoms with Gasteiger partial charge in [0.05, 0.1) is 6.54 Å². The molecular formula is C9H15F3N2. The lowest BCUT2D eigenvalue weighted by Gasteiger charge is -2.38. The highest BCUT2D eigenvalue weighted by Gasteiger charge is 2.40. The maximum atomic E-state index is 12.2. The van der Waals surface area contributed by atoms with Gasteiger partial charge in [0.25, 0.3) is 0 Å². The molecule has 0 aromatic rings. The van der Waals surface area contributed by atoms with Crippen LogP contribution in [-0.2, 0) is 0 Å². The van der Waals surface area contributed by atoms with Crippen molar-refractivity contribution < 1.29 is 13.2 Å². The number of nitrogens with one attached hydrogen (secondary N) is 1. The molecule has 1 aliphatic heterocycles. The molecule has 14 heavy (non-hydrogen) atoms. The first-order valence-corrected chi connectivity index (χ1v) is 5.10. The van der Waals surface area contributed by atoms with Crippen molar-refractivity contribution in [2.45, 2.75) is 37.5 Å². The summed E-state index contributed by atoms with van der Waals surface area (Å²) in [4.78, 5) is 1.59. The third-order valence-electron chi connectivity index (χ3n) is 3.14. The van der Waals surface area contributed by atoms with Crippen molar-refractivity contribution >= 4 is 0 Å². The van der Waals surface area contributed by atoms with E-state index in [1.807, 2.05) is 0 Å². The lowest BCUT2D eigenvalue weighted by molar-refractivity contribution is -0.153. The van der Waals surface area contributed by atoms with E-state index in [1.165, 1.54) is 0 Å². The average Bonchev–Trinajstić information content (AvgIpc) is 2.49. The molecule has 0 radical (unpaired) electrons. The van der Waals surface area contributed by atoms with E-state index in [9.17, 15) is 13.2 Å². The van der Waals surface area contributed by atoms with Gasteiger partial charge < -0.3 is 5.32 Å². The molecule has 1 heterocycles. The number of piperazine rings is 1. The van der Waals surface area contributed by atoms with Crippen LogP contribution in [0, 0.1) is 0 Å². The van der Waals surface area contributed by atoms with Gasteiger partial charge >= 0.3 is 6.18 Å². The average molecular weight is 208 g/mol. The highest BCUT2D eigenvalue weighted by molar-refractivity contribution is 4.94. The van der Waals surface area contributed by atoms with E-state index in [0.717, 1.165) is 19.3 Å². The normalized spacial score (nSPS) is 34.5. The van der Waals surface area contributed by atoms with Crippen LogP contribution in [0.15, 0.2) is 0 Å². The van der Waals surface area contributed by atoms with Crippen LogP contribution in [-0.4, -0.2) is 42.8 Å². The first-order chi connectivity index (χ1) is 6.56. The molecule has 2 fully saturated rings. The van der Waals surface area contributed by atoms with Gasteiger partial charge in [-0.3, -0.25) is 4.90 Å². The third kappa shape index (κ3) is 2.20. The van der Waals surface area contributed by atoms with E-state index in [0.29, 0.717) is 19.1 Å². The van der Waals surface area contributed by atoms with Crippen molar-refractivity contribution in [1.29, 1.82) is 0 Å². The molecule has 5 heteroatoms. The Morgan fingerprint density at radius 3 is 2.79 bits per heavy atom. The largest absolute Gasteiger partial charge is 0.401 e. The zero-order valence-corrected chi connectivity index (χ0v) is 7.98. The second-order valence-electron chi connectivity index (χ2n) is 4.14. The number of hydrogen-bond donors (Lipinski definition) is 1. The second-order valence-corrected chi connectivity index (χ2v) is 4.14. The molecule has 1 aliphatic carbocycles. The SMILES string of the molecule is FC(F)(F)CN1CCNC2CCCC21. The minimum Gasteiger partial charge on any atom is -0.311 e. The summed E-state index contributed by atoms with van der Waals surface area (Å²) in [7, 11) is 0. The van der Waals surface area contributed by atoms with Crippen LogP contribution in [0.25, 0.3) is 0 Å². The molecular weight excluding hydrogens is 193 g/mol. The van der Waals surface area contributed by atoms with Crippen LogP contribution in [0.2, 0.25) is 0 Å². The number of alkyl halides is 3. The summed E-state index contributed by atoms with van der Waals surface area (Å²) in [5.74, 6) is 0. The molecule has 1 saturated heterocycles. The fourth-order valence-electron chi connectivity index (χ4n) is 2.60. The van der Waals surface area contributed by atoms with Gasteiger partial charge in [-0.15, -0.1) is 0 Å². The predicted octanol–water partition coefficient (Wildman–Crippen LogP) is 1.37. The zero-order chi connectivity index (χ0) is 10.2. The predicted molar refractivity (Wildman–Crippen MR) is 47.1 cm³/mol. The molecule has 2 unspecified atom stereocenters. The summed E-state index contributed by atoms with van der Waals surface area (Å²) in [6.07, 6.45) is -1.06. The van der Waals surface area contributed by atoms with Gasteiger partial charge in [0.15, 0.2) is 0 Å². The number of rotatable bonds is 1. The summed E-state index contributed by atoms with van der Waals surface area (Å²) < 4.78 is 36.7. The highest BCUT2D eigenvalue weighted by atomic mass is 19.4. The van der Waals surface area contributed by atoms with E-state index in [1.54, 1.807) is 4.90 Å². The maximum Gasteiger partial charge on any atom is 0.401 e. The van der Waals surface area contributed by atoms with Gasteiger partial charge in [-0.25, -0.2) is 0 Å². The summed E-state index contributed by atoms with van der Waals surface area (Å²) in [6, 6.07) is 0.413. The smallest absolute Gasteiger partial charge is 0.311 e. The topological polar surface area (TPSA) is 15.3 Å². The van der Waals surface area contributed by atoms with E-state index in [-0.39, 0.29) is 6.04 Å². The Bertz CT molecular complexity index is 205. The van der Waals surface area contributed by atoms with Gasteiger partial charge in [-0.2, -0.15) is 13.2 Å². The minimum atomic E-state index is -4.05. The van der Waals surface area contributed by atoms with Crippen LogP contribution >= 0.6 is 0 Å². The summed E-state index contributed by atoms with van der Waals surface area (Å²) in [5.41, 5.74) is 0. The molecule has 2 atom stereocenters. The first kappa shape index (κ1) is 10.2. The fourth-order valence-corrected chi connectivity index (χ4v) is 2.60. The molecule has 0 aromatic carbocycles. The van der Waals surface area contributed by atoms with Crippen molar-refractivity contribution in [2.75, 3.05) is 19.6 Å². The van der Waals surface area contributed by atoms with Crippen LogP contribution in [0.1, 0.15) is 19.3 Å². The van der Waals surface area contributed by atoms with E-state index in [2.05, 4.69) is 5.32 Å². The Morgan fingerprint density at radius 1 is 1.29 bits per heavy atom. The van der Waals surface area contributed by atoms with E-state index >= 15 is 0 Å². The van der Waals surface area contributed by atoms with Gasteiger partial charge in [-0.05, 0) is 12.8 Å². The lowest BCUT2D eigenvalue weighted by atomic mass is 10.1. The Hall–Kier alpha value is -0.290. The molecule has 0 amide bonds. The van der Waals surface area contributed by atoms with E-state index in [4.69, 9.17) is 0 Å². The summed E-state index contributed by atoms with van der Waals surface area (Å²) >= 11 is 0. The molecule has 2 nitrogen and oxygen atoms in total. The van der Waals surface area contributed by atoms with Crippen molar-refractivity contribution in [3.8, 4) is 0 Å². The molecule has 2 aliphatic rings. The van der Waals surface area contributed by atoms with Crippen LogP contribution in [0.4, 0.5) is 13.2 Å². The molecule has 0 spiro atoms. The molecule has 1 N–H and O–H groups in total. The third-order valence-corrected chi connectivity index (χ3v) is 3.14. The maximum absolute atomic E-state index is 12.2. The first-order valence-electron chi connectivity index (χ1n) is 5.10. The molecule has 1 saturated carbocycles. The zero-order valence-electron chi connectivity index (χ0n) is 7.98. The Morgan fingerprint density at radius 2 is 2.07 bits per heavy atom. The minimum absolute atomic E-state index is 0.116. The van der Waals surface area contributed by atoms with E-state index < -0.39 is 12.7 Å². The van der Waals surface area contributed by atoms with Gasteiger partial charge in [0, 0.05) is 25.2 Å². The lowest BCUT2D eigenvalue weighted by Crippen LogP contribution is -2.57. The molecule has 0 aromatic heterocycles. The Balaban J connectivity index is 1.97. The molecule has 2 rings (SSSR count). The van der Waals surface area contributed by atoms with Crippen LogP contribution < -0.4 is 5.32 Å². The number of fused-ring (bicyclic) bond motifs is 1. The Labute approximate surface area is 81.5 Å². The van der Waals surface area contributed by atoms with Crippen molar-refractivity contribution in [1.82, 2.24) is 10.2 Å².